The van der Waals surface area contributed by atoms with Crippen molar-refractivity contribution in [3.63, 3.8) is 0 Å². The zero-order valence-corrected chi connectivity index (χ0v) is 21.9. The number of amides is 1. The quantitative estimate of drug-likeness (QED) is 0.405. The fraction of sp³-hybridized carbons (Fsp3) is 0.414. The minimum Gasteiger partial charge on any atom is -0.494 e. The van der Waals surface area contributed by atoms with Crippen LogP contribution in [0, 0.1) is 12.8 Å². The number of ether oxygens (including phenoxy) is 3. The summed E-state index contributed by atoms with van der Waals surface area (Å²) in [5.74, 6) is 2.24. The number of para-hydroxylation sites is 1. The highest BCUT2D eigenvalue weighted by molar-refractivity contribution is 6.04. The second kappa shape index (κ2) is 8.99. The molecule has 186 valence electrons. The molecule has 0 saturated carbocycles. The van der Waals surface area contributed by atoms with E-state index in [1.165, 1.54) is 25.3 Å². The van der Waals surface area contributed by atoms with Gasteiger partial charge in [-0.15, -0.1) is 0 Å². The highest BCUT2D eigenvalue weighted by atomic mass is 16.6. The Kier molecular flexibility index (Phi) is 6.34. The maximum atomic E-state index is 12.9. The zero-order chi connectivity index (χ0) is 25.5. The number of carbonyl (C=O) groups excluding carboxylic acids is 1. The topological polar surface area (TPSA) is 69.9 Å². The molecule has 1 aliphatic carbocycles. The monoisotopic (exact) mass is 477 g/mol. The first-order chi connectivity index (χ1) is 16.5. The number of fused-ring (bicyclic) bond motifs is 1. The Morgan fingerprint density at radius 1 is 0.971 bits per heavy atom. The Bertz CT molecular complexity index is 1230. The van der Waals surface area contributed by atoms with Gasteiger partial charge in [-0.25, -0.2) is 0 Å². The van der Waals surface area contributed by atoms with E-state index in [2.05, 4.69) is 52.1 Å². The number of anilines is 1. The van der Waals surface area contributed by atoms with Gasteiger partial charge in [0.15, 0.2) is 5.76 Å². The minimum atomic E-state index is -0.429. The van der Waals surface area contributed by atoms with E-state index in [-0.39, 0.29) is 22.5 Å². The maximum absolute atomic E-state index is 12.9. The Morgan fingerprint density at radius 2 is 1.63 bits per heavy atom. The summed E-state index contributed by atoms with van der Waals surface area (Å²) in [6.07, 6.45) is 1.10. The van der Waals surface area contributed by atoms with E-state index in [0.29, 0.717) is 23.1 Å². The van der Waals surface area contributed by atoms with Crippen molar-refractivity contribution in [1.82, 2.24) is 0 Å². The second-order valence-corrected chi connectivity index (χ2v) is 10.6. The van der Waals surface area contributed by atoms with Crippen molar-refractivity contribution in [1.29, 1.82) is 0 Å². The summed E-state index contributed by atoms with van der Waals surface area (Å²) in [6, 6.07) is 12.9. The summed E-state index contributed by atoms with van der Waals surface area (Å²) in [6.45, 7) is 13.6. The second-order valence-electron chi connectivity index (χ2n) is 10.6. The lowest BCUT2D eigenvalue weighted by Gasteiger charge is -2.46. The molecule has 4 rings (SSSR count). The average Bonchev–Trinajstić information content (AvgIpc) is 3.27. The van der Waals surface area contributed by atoms with E-state index in [0.717, 1.165) is 17.7 Å². The Labute approximate surface area is 207 Å². The molecule has 1 aromatic heterocycles. The van der Waals surface area contributed by atoms with E-state index in [4.69, 9.17) is 18.6 Å². The van der Waals surface area contributed by atoms with Crippen LogP contribution in [0.4, 0.5) is 5.69 Å². The Morgan fingerprint density at radius 3 is 2.26 bits per heavy atom. The molecule has 0 aliphatic heterocycles. The average molecular weight is 478 g/mol. The van der Waals surface area contributed by atoms with Crippen LogP contribution in [0.1, 0.15) is 68.3 Å². The third kappa shape index (κ3) is 4.49. The lowest BCUT2D eigenvalue weighted by molar-refractivity contribution is 0.0991. The number of benzene rings is 2. The summed E-state index contributed by atoms with van der Waals surface area (Å²) >= 11 is 0. The van der Waals surface area contributed by atoms with E-state index in [1.54, 1.807) is 30.3 Å². The number of hydrogen-bond acceptors (Lipinski definition) is 5. The minimum absolute atomic E-state index is 0.0398. The van der Waals surface area contributed by atoms with Crippen molar-refractivity contribution >= 4 is 11.6 Å². The van der Waals surface area contributed by atoms with Gasteiger partial charge in [-0.05, 0) is 71.0 Å². The molecule has 1 amide bonds. The van der Waals surface area contributed by atoms with Crippen LogP contribution in [-0.4, -0.2) is 20.1 Å². The van der Waals surface area contributed by atoms with Gasteiger partial charge in [0.25, 0.3) is 11.9 Å². The normalized spacial score (nSPS) is 17.9. The predicted octanol–water partition coefficient (Wildman–Crippen LogP) is 7.24. The molecule has 1 atom stereocenters. The smallest absolute Gasteiger partial charge is 0.291 e. The van der Waals surface area contributed by atoms with Crippen molar-refractivity contribution in [3.8, 4) is 23.2 Å². The highest BCUT2D eigenvalue weighted by Crippen LogP contribution is 2.50. The first-order valence-electron chi connectivity index (χ1n) is 11.9. The molecule has 1 aliphatic rings. The molecule has 6 heteroatoms. The van der Waals surface area contributed by atoms with Crippen LogP contribution in [-0.2, 0) is 10.8 Å². The van der Waals surface area contributed by atoms with Crippen LogP contribution in [0.2, 0.25) is 0 Å². The third-order valence-corrected chi connectivity index (χ3v) is 7.47. The molecule has 0 saturated heterocycles. The van der Waals surface area contributed by atoms with Gasteiger partial charge >= 0.3 is 0 Å². The van der Waals surface area contributed by atoms with Crippen molar-refractivity contribution < 1.29 is 23.4 Å². The van der Waals surface area contributed by atoms with Gasteiger partial charge in [0.1, 0.15) is 22.9 Å². The van der Waals surface area contributed by atoms with Crippen LogP contribution in [0.15, 0.2) is 46.9 Å². The first kappa shape index (κ1) is 24.7. The largest absolute Gasteiger partial charge is 0.494 e. The fourth-order valence-corrected chi connectivity index (χ4v) is 5.04. The summed E-state index contributed by atoms with van der Waals surface area (Å²) < 4.78 is 22.6. The molecule has 0 bridgehead atoms. The van der Waals surface area contributed by atoms with Crippen molar-refractivity contribution in [2.24, 2.45) is 5.92 Å². The predicted molar refractivity (Wildman–Crippen MR) is 137 cm³/mol. The standard InChI is InChI=1S/C29H35NO5/c1-17-14-20-19(28(3,4)16-18(2)29(20,5)6)15-24(17)35-25-13-12-23(34-25)27(31)30-26-21(32-7)10-9-11-22(26)33-8/h9-15,18H,16H2,1-8H3,(H,30,31). The highest BCUT2D eigenvalue weighted by Gasteiger charge is 2.42. The molecule has 0 radical (unpaired) electrons. The molecule has 35 heavy (non-hydrogen) atoms. The number of methoxy groups -OCH3 is 2. The molecule has 3 aromatic rings. The van der Waals surface area contributed by atoms with Crippen LogP contribution in [0.3, 0.4) is 0 Å². The molecule has 1 unspecified atom stereocenters. The number of rotatable bonds is 6. The van der Waals surface area contributed by atoms with Gasteiger partial charge < -0.3 is 23.9 Å². The fourth-order valence-electron chi connectivity index (χ4n) is 5.04. The first-order valence-corrected chi connectivity index (χ1v) is 11.9. The van der Waals surface area contributed by atoms with E-state index in [1.807, 2.05) is 6.92 Å². The van der Waals surface area contributed by atoms with Crippen LogP contribution in [0.5, 0.6) is 23.2 Å². The SMILES string of the molecule is COc1cccc(OC)c1NC(=O)c1ccc(Oc2cc3c(cc2C)C(C)(C)C(C)CC3(C)C)o1. The molecule has 2 aromatic carbocycles. The van der Waals surface area contributed by atoms with Gasteiger partial charge in [0.2, 0.25) is 0 Å². The third-order valence-electron chi connectivity index (χ3n) is 7.47. The Balaban J connectivity index is 1.59. The van der Waals surface area contributed by atoms with Gasteiger partial charge in [-0.1, -0.05) is 46.8 Å². The lowest BCUT2D eigenvalue weighted by atomic mass is 9.58. The molecule has 0 spiro atoms. The summed E-state index contributed by atoms with van der Waals surface area (Å²) in [7, 11) is 3.07. The molecular formula is C29H35NO5. The zero-order valence-electron chi connectivity index (χ0n) is 21.9. The molecule has 1 heterocycles. The lowest BCUT2D eigenvalue weighted by Crippen LogP contribution is -2.40. The van der Waals surface area contributed by atoms with Crippen molar-refractivity contribution in [2.45, 2.75) is 58.8 Å². The number of nitrogens with one attached hydrogen (secondary N) is 1. The molecular weight excluding hydrogens is 442 g/mol. The molecule has 1 N–H and O–H groups in total. The molecule has 6 nitrogen and oxygen atoms in total. The molecule has 0 fully saturated rings. The van der Waals surface area contributed by atoms with Crippen LogP contribution < -0.4 is 19.5 Å². The van der Waals surface area contributed by atoms with Crippen molar-refractivity contribution in [2.75, 3.05) is 19.5 Å². The van der Waals surface area contributed by atoms with Crippen LogP contribution in [0.25, 0.3) is 0 Å². The van der Waals surface area contributed by atoms with Gasteiger partial charge in [0.05, 0.1) is 14.2 Å². The number of aryl methyl sites for hydroxylation is 1. The summed E-state index contributed by atoms with van der Waals surface area (Å²) in [5.41, 5.74) is 4.26. The number of furan rings is 1. The van der Waals surface area contributed by atoms with Gasteiger partial charge in [-0.3, -0.25) is 4.79 Å². The van der Waals surface area contributed by atoms with Crippen LogP contribution >= 0.6 is 0 Å². The van der Waals surface area contributed by atoms with Crippen molar-refractivity contribution in [3.05, 3.63) is 64.9 Å². The summed E-state index contributed by atoms with van der Waals surface area (Å²) in [5, 5.41) is 2.81. The van der Waals surface area contributed by atoms with E-state index >= 15 is 0 Å². The Hall–Kier alpha value is -3.41. The van der Waals surface area contributed by atoms with E-state index in [9.17, 15) is 4.79 Å². The summed E-state index contributed by atoms with van der Waals surface area (Å²) in [4.78, 5) is 12.9. The van der Waals surface area contributed by atoms with Gasteiger partial charge in [-0.2, -0.15) is 0 Å². The maximum Gasteiger partial charge on any atom is 0.291 e. The number of hydrogen-bond donors (Lipinski definition) is 1. The van der Waals surface area contributed by atoms with E-state index < -0.39 is 5.91 Å². The van der Waals surface area contributed by atoms with Gasteiger partial charge in [0, 0.05) is 6.07 Å². The number of carbonyl (C=O) groups is 1.